The molecule has 20 nitrogen and oxygen atoms in total. The Bertz CT molecular complexity index is 1220. The molecule has 0 aromatic heterocycles. The lowest BCUT2D eigenvalue weighted by atomic mass is 9.95. The van der Waals surface area contributed by atoms with Crippen molar-refractivity contribution >= 4 is 41.8 Å². The van der Waals surface area contributed by atoms with Gasteiger partial charge in [-0.15, -0.1) is 0 Å². The van der Waals surface area contributed by atoms with Gasteiger partial charge in [-0.05, 0) is 0 Å². The summed E-state index contributed by atoms with van der Waals surface area (Å²) >= 11 is 0. The molecule has 0 aromatic rings. The van der Waals surface area contributed by atoms with Gasteiger partial charge in [-0.25, -0.2) is 0 Å². The Morgan fingerprint density at radius 1 is 0.543 bits per heavy atom. The topological polar surface area (TPSA) is 262 Å². The molecule has 0 radical (unpaired) electrons. The Kier molecular flexibility index (Phi) is 14.1. The lowest BCUT2D eigenvalue weighted by molar-refractivity contribution is -0.344. The third-order valence-electron chi connectivity index (χ3n) is 6.08. The highest BCUT2D eigenvalue weighted by molar-refractivity contribution is 5.69. The highest BCUT2D eigenvalue weighted by atomic mass is 16.8. The van der Waals surface area contributed by atoms with Crippen molar-refractivity contribution in [2.75, 3.05) is 13.2 Å². The largest absolute Gasteiger partial charge is 0.463 e. The molecule has 2 aliphatic rings. The van der Waals surface area contributed by atoms with Crippen LogP contribution in [0.2, 0.25) is 0 Å². The Morgan fingerprint density at radius 2 is 0.935 bits per heavy atom. The van der Waals surface area contributed by atoms with Crippen LogP contribution >= 0.6 is 0 Å². The summed E-state index contributed by atoms with van der Waals surface area (Å²) in [6, 6.07) is 0. The van der Waals surface area contributed by atoms with Crippen molar-refractivity contribution in [1.29, 1.82) is 5.53 Å². The fourth-order valence-corrected chi connectivity index (χ4v) is 4.64. The van der Waals surface area contributed by atoms with Gasteiger partial charge in [0.25, 0.3) is 6.23 Å². The van der Waals surface area contributed by atoms with Gasteiger partial charge in [-0.1, -0.05) is 0 Å². The second-order valence-electron chi connectivity index (χ2n) is 9.90. The van der Waals surface area contributed by atoms with Crippen LogP contribution in [0.1, 0.15) is 48.5 Å². The third kappa shape index (κ3) is 11.1. The van der Waals surface area contributed by atoms with E-state index < -0.39 is 116 Å². The zero-order valence-corrected chi connectivity index (χ0v) is 26.0. The summed E-state index contributed by atoms with van der Waals surface area (Å²) in [6.07, 6.45) is -15.9. The van der Waals surface area contributed by atoms with Crippen LogP contribution in [0.4, 0.5) is 0 Å². The maximum absolute atomic E-state index is 12.3. The molecule has 0 aliphatic carbocycles. The Hall–Kier alpha value is -4.52. The zero-order valence-electron chi connectivity index (χ0n) is 26.0. The van der Waals surface area contributed by atoms with Gasteiger partial charge in [-0.2, -0.15) is 0 Å². The van der Waals surface area contributed by atoms with Gasteiger partial charge in [0.2, 0.25) is 4.91 Å². The summed E-state index contributed by atoms with van der Waals surface area (Å²) in [5.41, 5.74) is 7.17. The lowest BCUT2D eigenvalue weighted by Gasteiger charge is -2.47. The number of carbonyl (C=O) groups excluding carboxylic acids is 7. The van der Waals surface area contributed by atoms with Crippen molar-refractivity contribution in [3.63, 3.8) is 0 Å². The molecule has 0 amide bonds. The Morgan fingerprint density at radius 3 is 1.37 bits per heavy atom. The van der Waals surface area contributed by atoms with E-state index >= 15 is 0 Å². The van der Waals surface area contributed by atoms with E-state index in [4.69, 9.17) is 52.9 Å². The van der Waals surface area contributed by atoms with Crippen LogP contribution in [-0.4, -0.2) is 116 Å². The van der Waals surface area contributed by atoms with Crippen LogP contribution in [-0.2, 0) is 80.9 Å². The van der Waals surface area contributed by atoms with Gasteiger partial charge in [-0.3, -0.25) is 33.6 Å². The van der Waals surface area contributed by atoms with Crippen molar-refractivity contribution in [1.82, 2.24) is 4.91 Å². The first-order valence-corrected chi connectivity index (χ1v) is 13.7. The average molecular weight is 663 g/mol. The molecular formula is C26H36N3O17+. The van der Waals surface area contributed by atoms with E-state index in [1.807, 2.05) is 0 Å². The second-order valence-corrected chi connectivity index (χ2v) is 9.90. The summed E-state index contributed by atoms with van der Waals surface area (Å²) in [5.74, 6) is -6.02. The number of nitrogens with zero attached hydrogens (tertiary/aromatic N) is 2. The molecule has 2 aliphatic heterocycles. The molecule has 2 heterocycles. The maximum atomic E-state index is 12.3. The molecule has 2 rings (SSSR count). The smallest absolute Gasteiger partial charge is 0.303 e. The first-order chi connectivity index (χ1) is 21.5. The predicted molar refractivity (Wildman–Crippen MR) is 141 cm³/mol. The zero-order chi connectivity index (χ0) is 34.7. The Balaban J connectivity index is 2.73. The number of carbonyl (C=O) groups is 7. The minimum absolute atomic E-state index is 0.578. The van der Waals surface area contributed by atoms with E-state index in [1.54, 1.807) is 0 Å². The van der Waals surface area contributed by atoms with Gasteiger partial charge in [0.1, 0.15) is 37.1 Å². The molecular weight excluding hydrogens is 626 g/mol. The molecule has 0 saturated carbocycles. The normalized spacial score (nSPS) is 30.3. The second kappa shape index (κ2) is 17.2. The van der Waals surface area contributed by atoms with Crippen LogP contribution in [0, 0.1) is 5.53 Å². The van der Waals surface area contributed by atoms with Crippen molar-refractivity contribution in [3.05, 3.63) is 0 Å². The van der Waals surface area contributed by atoms with Crippen molar-refractivity contribution in [2.45, 2.75) is 110 Å². The first-order valence-electron chi connectivity index (χ1n) is 13.7. The number of hydrogen-bond donors (Lipinski definition) is 1. The molecule has 1 N–H and O–H groups in total. The molecule has 256 valence electrons. The van der Waals surface area contributed by atoms with Gasteiger partial charge < -0.3 is 47.4 Å². The van der Waals surface area contributed by atoms with Gasteiger partial charge in [0.15, 0.2) is 41.9 Å². The number of nitrogens with one attached hydrogen (secondary N) is 1. The molecule has 0 spiro atoms. The van der Waals surface area contributed by atoms with Crippen LogP contribution in [0.5, 0.6) is 0 Å². The molecule has 0 bridgehead atoms. The van der Waals surface area contributed by atoms with Gasteiger partial charge >= 0.3 is 41.8 Å². The third-order valence-corrected chi connectivity index (χ3v) is 6.08. The number of hydrogen-bond acceptors (Lipinski definition) is 19. The van der Waals surface area contributed by atoms with E-state index in [0.717, 1.165) is 48.5 Å². The highest BCUT2D eigenvalue weighted by Crippen LogP contribution is 2.35. The molecule has 0 unspecified atom stereocenters. The summed E-state index contributed by atoms with van der Waals surface area (Å²) in [7, 11) is 0. The van der Waals surface area contributed by atoms with E-state index in [-0.39, 0.29) is 0 Å². The molecule has 10 atom stereocenters. The molecule has 2 fully saturated rings. The monoisotopic (exact) mass is 662 g/mol. The molecule has 46 heavy (non-hydrogen) atoms. The minimum Gasteiger partial charge on any atom is -0.463 e. The van der Waals surface area contributed by atoms with Crippen LogP contribution in [0.25, 0.3) is 0 Å². The maximum Gasteiger partial charge on any atom is 0.303 e. The van der Waals surface area contributed by atoms with Crippen molar-refractivity contribution in [3.8, 4) is 0 Å². The number of rotatable bonds is 12. The fourth-order valence-electron chi connectivity index (χ4n) is 4.64. The predicted octanol–water partition coefficient (Wildman–Crippen LogP) is -0.844. The standard InChI is InChI=1S/C26H36N3O17/c1-10(30)37-8-17-20(21(40-13(4)33)23(42-15(6)35)25(44-17)28-29-27)46-26-24(43-16(7)36)22(41-14(5)34)19(39-12(3)32)18(45-26)9-38-11(2)31/h17-27H,8-9H2,1-7H3/q+1/t17-,18-,19+,20-,21-,22+,23-,24+,25+,26+/m0/s1. The SMILES string of the molecule is CC(=O)OC[C@@H]1O[C@@H](N=[N+]=N)[C@@H](OC(C)=O)[C@@H](OC(C)=O)[C@H]1O[C@H]1O[C@@H](COC(C)=O)[C@@H](OC(C)=O)[C@@H](OC(C)=O)[C@H]1OC(C)=O. The van der Waals surface area contributed by atoms with E-state index in [1.165, 1.54) is 0 Å². The van der Waals surface area contributed by atoms with E-state index in [0.29, 0.717) is 0 Å². The summed E-state index contributed by atoms with van der Waals surface area (Å²) in [4.78, 5) is 87.0. The minimum atomic E-state index is -1.81. The summed E-state index contributed by atoms with van der Waals surface area (Å²) < 4.78 is 55.0. The highest BCUT2D eigenvalue weighted by Gasteiger charge is 2.58. The van der Waals surface area contributed by atoms with Crippen LogP contribution in [0.15, 0.2) is 5.11 Å². The molecule has 2 saturated heterocycles. The number of ether oxygens (including phenoxy) is 10. The number of esters is 7. The van der Waals surface area contributed by atoms with Crippen molar-refractivity contribution < 1.29 is 80.9 Å². The summed E-state index contributed by atoms with van der Waals surface area (Å²) in [6.45, 7) is 6.14. The first kappa shape index (κ1) is 37.7. The van der Waals surface area contributed by atoms with Crippen molar-refractivity contribution in [2.24, 2.45) is 5.11 Å². The van der Waals surface area contributed by atoms with E-state index in [2.05, 4.69) is 10.0 Å². The van der Waals surface area contributed by atoms with Gasteiger partial charge in [0, 0.05) is 48.5 Å². The Labute approximate surface area is 261 Å². The van der Waals surface area contributed by atoms with Gasteiger partial charge in [0.05, 0.1) is 0 Å². The van der Waals surface area contributed by atoms with Crippen LogP contribution < -0.4 is 4.91 Å². The average Bonchev–Trinajstić information content (AvgIpc) is 2.91. The van der Waals surface area contributed by atoms with Crippen LogP contribution in [0.3, 0.4) is 0 Å². The van der Waals surface area contributed by atoms with E-state index in [9.17, 15) is 33.6 Å². The molecule has 0 aromatic carbocycles. The molecule has 20 heteroatoms. The lowest BCUT2D eigenvalue weighted by Crippen LogP contribution is -2.67. The summed E-state index contributed by atoms with van der Waals surface area (Å²) in [5, 5.41) is 3.57. The quantitative estimate of drug-likeness (QED) is 0.115. The fraction of sp³-hybridized carbons (Fsp3) is 0.731.